The molecule has 0 fully saturated rings. The third-order valence-corrected chi connectivity index (χ3v) is 3.76. The van der Waals surface area contributed by atoms with E-state index in [2.05, 4.69) is 26.1 Å². The second-order valence-electron chi connectivity index (χ2n) is 3.52. The van der Waals surface area contributed by atoms with Crippen LogP contribution in [-0.2, 0) is 7.05 Å². The molecule has 0 aliphatic rings. The molecule has 2 rings (SSSR count). The lowest BCUT2D eigenvalue weighted by Gasteiger charge is -2.05. The fourth-order valence-electron chi connectivity index (χ4n) is 1.28. The zero-order chi connectivity index (χ0) is 13.0. The molecule has 18 heavy (non-hydrogen) atoms. The highest BCUT2D eigenvalue weighted by Crippen LogP contribution is 2.17. The number of ether oxygens (including phenoxy) is 1. The van der Waals surface area contributed by atoms with Gasteiger partial charge in [-0.1, -0.05) is 27.7 Å². The predicted octanol–water partition coefficient (Wildman–Crippen LogP) is 2.04. The van der Waals surface area contributed by atoms with Crippen LogP contribution in [0.4, 0.5) is 0 Å². The molecule has 96 valence electrons. The Kier molecular flexibility index (Phi) is 4.48. The molecule has 0 aliphatic heterocycles. The smallest absolute Gasteiger partial charge is 0.343 e. The van der Waals surface area contributed by atoms with E-state index < -0.39 is 0 Å². The zero-order valence-corrected chi connectivity index (χ0v) is 12.1. The van der Waals surface area contributed by atoms with Crippen LogP contribution in [0.3, 0.4) is 0 Å². The number of nitrogens with one attached hydrogen (secondary N) is 1. The molecule has 0 bridgehead atoms. The van der Waals surface area contributed by atoms with Crippen LogP contribution in [0.15, 0.2) is 38.7 Å². The van der Waals surface area contributed by atoms with E-state index in [1.807, 2.05) is 24.3 Å². The van der Waals surface area contributed by atoms with E-state index in [4.69, 9.17) is 4.74 Å². The maximum absolute atomic E-state index is 11.1. The first-order valence-corrected chi connectivity index (χ1v) is 7.07. The SMILES string of the molecule is Cn1c(SCCOc2ccc(Br)cc2)n[nH]c1=O. The number of hydrogen-bond donors (Lipinski definition) is 1. The summed E-state index contributed by atoms with van der Waals surface area (Å²) in [4.78, 5) is 11.1. The van der Waals surface area contributed by atoms with Gasteiger partial charge in [0.25, 0.3) is 0 Å². The molecule has 5 nitrogen and oxygen atoms in total. The lowest BCUT2D eigenvalue weighted by atomic mass is 10.3. The van der Waals surface area contributed by atoms with Crippen molar-refractivity contribution in [2.45, 2.75) is 5.16 Å². The molecular formula is C11H12BrN3O2S. The molecule has 1 aromatic heterocycles. The van der Waals surface area contributed by atoms with E-state index in [0.29, 0.717) is 11.8 Å². The predicted molar refractivity (Wildman–Crippen MR) is 74.2 cm³/mol. The van der Waals surface area contributed by atoms with Crippen LogP contribution < -0.4 is 10.4 Å². The monoisotopic (exact) mass is 329 g/mol. The summed E-state index contributed by atoms with van der Waals surface area (Å²) < 4.78 is 8.06. The van der Waals surface area contributed by atoms with Gasteiger partial charge in [-0.2, -0.15) is 0 Å². The third-order valence-electron chi connectivity index (χ3n) is 2.24. The zero-order valence-electron chi connectivity index (χ0n) is 9.72. The van der Waals surface area contributed by atoms with E-state index in [0.717, 1.165) is 16.0 Å². The van der Waals surface area contributed by atoms with Crippen molar-refractivity contribution in [1.82, 2.24) is 14.8 Å². The minimum absolute atomic E-state index is 0.202. The van der Waals surface area contributed by atoms with Crippen molar-refractivity contribution in [2.24, 2.45) is 7.05 Å². The second-order valence-corrected chi connectivity index (χ2v) is 5.50. The number of benzene rings is 1. The highest BCUT2D eigenvalue weighted by molar-refractivity contribution is 9.10. The summed E-state index contributed by atoms with van der Waals surface area (Å²) in [6.07, 6.45) is 0. The van der Waals surface area contributed by atoms with Crippen LogP contribution in [0.25, 0.3) is 0 Å². The maximum atomic E-state index is 11.1. The lowest BCUT2D eigenvalue weighted by Crippen LogP contribution is -2.13. The minimum Gasteiger partial charge on any atom is -0.493 e. The van der Waals surface area contributed by atoms with E-state index >= 15 is 0 Å². The molecule has 0 atom stereocenters. The van der Waals surface area contributed by atoms with Crippen molar-refractivity contribution >= 4 is 27.7 Å². The van der Waals surface area contributed by atoms with Crippen LogP contribution >= 0.6 is 27.7 Å². The molecule has 0 radical (unpaired) electrons. The number of nitrogens with zero attached hydrogens (tertiary/aromatic N) is 2. The van der Waals surface area contributed by atoms with E-state index in [9.17, 15) is 4.79 Å². The van der Waals surface area contributed by atoms with Crippen LogP contribution in [0.1, 0.15) is 0 Å². The van der Waals surface area contributed by atoms with Gasteiger partial charge in [0.2, 0.25) is 0 Å². The molecule has 0 aliphatic carbocycles. The number of aromatic amines is 1. The maximum Gasteiger partial charge on any atom is 0.343 e. The number of hydrogen-bond acceptors (Lipinski definition) is 4. The number of H-pyrrole nitrogens is 1. The van der Waals surface area contributed by atoms with Gasteiger partial charge in [-0.3, -0.25) is 4.57 Å². The van der Waals surface area contributed by atoms with Crippen LogP contribution in [-0.4, -0.2) is 27.1 Å². The topological polar surface area (TPSA) is 59.9 Å². The Hall–Kier alpha value is -1.21. The Labute approximate surface area is 117 Å². The van der Waals surface area contributed by atoms with Gasteiger partial charge in [0.1, 0.15) is 5.75 Å². The summed E-state index contributed by atoms with van der Waals surface area (Å²) >= 11 is 4.84. The van der Waals surface area contributed by atoms with E-state index in [-0.39, 0.29) is 5.69 Å². The van der Waals surface area contributed by atoms with Crippen molar-refractivity contribution in [1.29, 1.82) is 0 Å². The van der Waals surface area contributed by atoms with Gasteiger partial charge in [-0.15, -0.1) is 5.10 Å². The molecule has 0 saturated carbocycles. The summed E-state index contributed by atoms with van der Waals surface area (Å²) in [5, 5.41) is 6.96. The van der Waals surface area contributed by atoms with Gasteiger partial charge in [-0.05, 0) is 24.3 Å². The summed E-state index contributed by atoms with van der Waals surface area (Å²) in [6, 6.07) is 7.66. The standard InChI is InChI=1S/C11H12BrN3O2S/c1-15-10(16)13-14-11(15)18-7-6-17-9-4-2-8(12)3-5-9/h2-5H,6-7H2,1H3,(H,13,16). The van der Waals surface area contributed by atoms with Gasteiger partial charge >= 0.3 is 5.69 Å². The quantitative estimate of drug-likeness (QED) is 0.673. The molecular weight excluding hydrogens is 318 g/mol. The number of thioether (sulfide) groups is 1. The molecule has 1 N–H and O–H groups in total. The fraction of sp³-hybridized carbons (Fsp3) is 0.273. The van der Waals surface area contributed by atoms with Gasteiger partial charge in [0, 0.05) is 17.3 Å². The average Bonchev–Trinajstić information content (AvgIpc) is 2.68. The number of aromatic nitrogens is 3. The molecule has 0 amide bonds. The Morgan fingerprint density at radius 2 is 2.17 bits per heavy atom. The third kappa shape index (κ3) is 3.39. The average molecular weight is 330 g/mol. The van der Waals surface area contributed by atoms with Crippen LogP contribution in [0.2, 0.25) is 0 Å². The molecule has 7 heteroatoms. The van der Waals surface area contributed by atoms with Gasteiger partial charge in [0.05, 0.1) is 6.61 Å². The van der Waals surface area contributed by atoms with Crippen molar-refractivity contribution < 1.29 is 4.74 Å². The van der Waals surface area contributed by atoms with Crippen LogP contribution in [0, 0.1) is 0 Å². The van der Waals surface area contributed by atoms with Crippen molar-refractivity contribution in [3.8, 4) is 5.75 Å². The highest BCUT2D eigenvalue weighted by atomic mass is 79.9. The van der Waals surface area contributed by atoms with Crippen LogP contribution in [0.5, 0.6) is 5.75 Å². The number of rotatable bonds is 5. The lowest BCUT2D eigenvalue weighted by molar-refractivity contribution is 0.344. The molecule has 1 heterocycles. The van der Waals surface area contributed by atoms with Crippen molar-refractivity contribution in [3.05, 3.63) is 39.2 Å². The van der Waals surface area contributed by atoms with Gasteiger partial charge in [-0.25, -0.2) is 9.89 Å². The Balaban J connectivity index is 1.78. The fourth-order valence-corrected chi connectivity index (χ4v) is 2.29. The normalized spacial score (nSPS) is 10.6. The second kappa shape index (κ2) is 6.10. The summed E-state index contributed by atoms with van der Waals surface area (Å²) in [5.74, 6) is 1.56. The first-order chi connectivity index (χ1) is 8.66. The minimum atomic E-state index is -0.202. The summed E-state index contributed by atoms with van der Waals surface area (Å²) in [7, 11) is 1.68. The van der Waals surface area contributed by atoms with E-state index in [1.54, 1.807) is 7.05 Å². The molecule has 0 unspecified atom stereocenters. The van der Waals surface area contributed by atoms with Crippen molar-refractivity contribution in [2.75, 3.05) is 12.4 Å². The van der Waals surface area contributed by atoms with Crippen molar-refractivity contribution in [3.63, 3.8) is 0 Å². The largest absolute Gasteiger partial charge is 0.493 e. The first kappa shape index (κ1) is 13.2. The Bertz CT molecular complexity index is 564. The Morgan fingerprint density at radius 3 is 2.78 bits per heavy atom. The summed E-state index contributed by atoms with van der Waals surface area (Å²) in [5.41, 5.74) is -0.202. The molecule has 1 aromatic carbocycles. The van der Waals surface area contributed by atoms with Gasteiger partial charge in [0.15, 0.2) is 5.16 Å². The highest BCUT2D eigenvalue weighted by Gasteiger charge is 2.04. The first-order valence-electron chi connectivity index (χ1n) is 5.29. The molecule has 2 aromatic rings. The van der Waals surface area contributed by atoms with E-state index in [1.165, 1.54) is 16.3 Å². The molecule has 0 saturated heterocycles. The Morgan fingerprint density at radius 1 is 1.44 bits per heavy atom. The van der Waals surface area contributed by atoms with Gasteiger partial charge < -0.3 is 4.74 Å². The summed E-state index contributed by atoms with van der Waals surface area (Å²) in [6.45, 7) is 0.563. The number of halogens is 1. The molecule has 0 spiro atoms.